The average molecular weight is 297 g/mol. The Morgan fingerprint density at radius 1 is 1.00 bits per heavy atom. The Balaban J connectivity index is 2.07. The number of carbonyl (C=O) groups is 2. The van der Waals surface area contributed by atoms with Crippen molar-refractivity contribution in [1.29, 1.82) is 0 Å². The Bertz CT molecular complexity index is 611. The maximum absolute atomic E-state index is 12.3. The molecule has 4 heteroatoms. The molecule has 2 aromatic rings. The van der Waals surface area contributed by atoms with Gasteiger partial charge >= 0.3 is 5.97 Å². The van der Waals surface area contributed by atoms with Gasteiger partial charge in [0.05, 0.1) is 13.5 Å². The Labute approximate surface area is 130 Å². The van der Waals surface area contributed by atoms with Gasteiger partial charge in [-0.15, -0.1) is 0 Å². The summed E-state index contributed by atoms with van der Waals surface area (Å²) in [7, 11) is 1.35. The highest BCUT2D eigenvalue weighted by molar-refractivity contribution is 5.94. The molecule has 0 fully saturated rings. The van der Waals surface area contributed by atoms with Crippen molar-refractivity contribution in [2.24, 2.45) is 0 Å². The van der Waals surface area contributed by atoms with E-state index in [1.54, 1.807) is 24.3 Å². The van der Waals surface area contributed by atoms with Crippen LogP contribution in [0.1, 0.15) is 22.3 Å². The van der Waals surface area contributed by atoms with Crippen molar-refractivity contribution in [3.8, 4) is 0 Å². The minimum absolute atomic E-state index is 0.143. The first-order chi connectivity index (χ1) is 10.7. The molecule has 0 aliphatic rings. The maximum Gasteiger partial charge on any atom is 0.307 e. The Morgan fingerprint density at radius 2 is 1.59 bits per heavy atom. The Kier molecular flexibility index (Phi) is 5.72. The third kappa shape index (κ3) is 4.74. The van der Waals surface area contributed by atoms with Crippen LogP contribution in [0.5, 0.6) is 0 Å². The molecule has 2 rings (SSSR count). The first-order valence-electron chi connectivity index (χ1n) is 7.15. The van der Waals surface area contributed by atoms with Crippen LogP contribution in [0.25, 0.3) is 0 Å². The van der Waals surface area contributed by atoms with E-state index in [-0.39, 0.29) is 24.3 Å². The maximum atomic E-state index is 12.3. The molecule has 0 radical (unpaired) electrons. The van der Waals surface area contributed by atoms with Crippen molar-refractivity contribution >= 4 is 11.9 Å². The highest BCUT2D eigenvalue weighted by Gasteiger charge is 2.18. The predicted octanol–water partition coefficient (Wildman–Crippen LogP) is 2.59. The van der Waals surface area contributed by atoms with Gasteiger partial charge in [0.1, 0.15) is 0 Å². The molecule has 1 atom stereocenters. The van der Waals surface area contributed by atoms with Gasteiger partial charge in [-0.3, -0.25) is 9.59 Å². The second-order valence-electron chi connectivity index (χ2n) is 5.01. The van der Waals surface area contributed by atoms with Gasteiger partial charge in [0, 0.05) is 11.6 Å². The SMILES string of the molecule is COC(=O)C[C@H](Cc1ccccc1)NC(=O)c1ccccc1. The van der Waals surface area contributed by atoms with Crippen LogP contribution in [0.4, 0.5) is 0 Å². The van der Waals surface area contributed by atoms with E-state index in [2.05, 4.69) is 5.32 Å². The van der Waals surface area contributed by atoms with Gasteiger partial charge < -0.3 is 10.1 Å². The van der Waals surface area contributed by atoms with E-state index in [4.69, 9.17) is 4.74 Å². The minimum Gasteiger partial charge on any atom is -0.469 e. The molecule has 0 bridgehead atoms. The molecule has 0 unspecified atom stereocenters. The lowest BCUT2D eigenvalue weighted by molar-refractivity contribution is -0.141. The molecule has 0 aliphatic heterocycles. The van der Waals surface area contributed by atoms with Crippen LogP contribution in [0.15, 0.2) is 60.7 Å². The summed E-state index contributed by atoms with van der Waals surface area (Å²) in [5, 5.41) is 2.91. The molecular formula is C18H19NO3. The summed E-state index contributed by atoms with van der Waals surface area (Å²) in [5.74, 6) is -0.528. The third-order valence-corrected chi connectivity index (χ3v) is 3.34. The van der Waals surface area contributed by atoms with Crippen molar-refractivity contribution in [3.05, 3.63) is 71.8 Å². The summed E-state index contributed by atoms with van der Waals surface area (Å²) in [5.41, 5.74) is 1.63. The van der Waals surface area contributed by atoms with E-state index in [9.17, 15) is 9.59 Å². The fourth-order valence-electron chi connectivity index (χ4n) is 2.22. The molecule has 22 heavy (non-hydrogen) atoms. The van der Waals surface area contributed by atoms with Crippen LogP contribution in [0, 0.1) is 0 Å². The normalized spacial score (nSPS) is 11.5. The summed E-state index contributed by atoms with van der Waals surface area (Å²) >= 11 is 0. The molecule has 114 valence electrons. The average Bonchev–Trinajstić information content (AvgIpc) is 2.56. The largest absolute Gasteiger partial charge is 0.469 e. The molecule has 2 aromatic carbocycles. The van der Waals surface area contributed by atoms with Crippen molar-refractivity contribution in [2.45, 2.75) is 18.9 Å². The molecular weight excluding hydrogens is 278 g/mol. The molecule has 1 amide bonds. The zero-order valence-electron chi connectivity index (χ0n) is 12.5. The summed E-state index contributed by atoms with van der Waals surface area (Å²) in [6, 6.07) is 18.4. The van der Waals surface area contributed by atoms with Crippen molar-refractivity contribution in [1.82, 2.24) is 5.32 Å². The molecule has 0 saturated carbocycles. The number of methoxy groups -OCH3 is 1. The highest BCUT2D eigenvalue weighted by Crippen LogP contribution is 2.08. The van der Waals surface area contributed by atoms with Crippen molar-refractivity contribution < 1.29 is 14.3 Å². The standard InChI is InChI=1S/C18H19NO3/c1-22-17(20)13-16(12-14-8-4-2-5-9-14)19-18(21)15-10-6-3-7-11-15/h2-11,16H,12-13H2,1H3,(H,19,21)/t16-/m0/s1. The molecule has 0 heterocycles. The molecule has 0 aromatic heterocycles. The number of esters is 1. The van der Waals surface area contributed by atoms with Crippen LogP contribution in [-0.4, -0.2) is 25.0 Å². The fraction of sp³-hybridized carbons (Fsp3) is 0.222. The van der Waals surface area contributed by atoms with Gasteiger partial charge in [-0.2, -0.15) is 0 Å². The lowest BCUT2D eigenvalue weighted by atomic mass is 10.0. The predicted molar refractivity (Wildman–Crippen MR) is 84.5 cm³/mol. The van der Waals surface area contributed by atoms with E-state index in [0.29, 0.717) is 12.0 Å². The fourth-order valence-corrected chi connectivity index (χ4v) is 2.22. The second-order valence-corrected chi connectivity index (χ2v) is 5.01. The van der Waals surface area contributed by atoms with Gasteiger partial charge in [0.25, 0.3) is 5.91 Å². The van der Waals surface area contributed by atoms with Crippen LogP contribution in [0.3, 0.4) is 0 Å². The van der Waals surface area contributed by atoms with Gasteiger partial charge in [0.15, 0.2) is 0 Å². The Morgan fingerprint density at radius 3 is 2.18 bits per heavy atom. The minimum atomic E-state index is -0.339. The summed E-state index contributed by atoms with van der Waals surface area (Å²) < 4.78 is 4.72. The monoisotopic (exact) mass is 297 g/mol. The topological polar surface area (TPSA) is 55.4 Å². The number of rotatable bonds is 6. The first kappa shape index (κ1) is 15.8. The number of ether oxygens (including phenoxy) is 1. The summed E-state index contributed by atoms with van der Waals surface area (Å²) in [4.78, 5) is 23.8. The van der Waals surface area contributed by atoms with E-state index < -0.39 is 0 Å². The summed E-state index contributed by atoms with van der Waals surface area (Å²) in [6.07, 6.45) is 0.721. The van der Waals surface area contributed by atoms with Crippen molar-refractivity contribution in [2.75, 3.05) is 7.11 Å². The number of nitrogens with one attached hydrogen (secondary N) is 1. The van der Waals surface area contributed by atoms with Gasteiger partial charge in [-0.05, 0) is 24.1 Å². The van der Waals surface area contributed by atoms with Gasteiger partial charge in [-0.1, -0.05) is 48.5 Å². The van der Waals surface area contributed by atoms with Crippen LogP contribution >= 0.6 is 0 Å². The van der Waals surface area contributed by atoms with Crippen LogP contribution < -0.4 is 5.32 Å². The van der Waals surface area contributed by atoms with Crippen LogP contribution in [0.2, 0.25) is 0 Å². The zero-order chi connectivity index (χ0) is 15.8. The molecule has 0 aliphatic carbocycles. The summed E-state index contributed by atoms with van der Waals surface area (Å²) in [6.45, 7) is 0. The zero-order valence-corrected chi connectivity index (χ0v) is 12.5. The molecule has 1 N–H and O–H groups in total. The third-order valence-electron chi connectivity index (χ3n) is 3.34. The second kappa shape index (κ2) is 7.98. The highest BCUT2D eigenvalue weighted by atomic mass is 16.5. The van der Waals surface area contributed by atoms with Gasteiger partial charge in [0.2, 0.25) is 0 Å². The number of hydrogen-bond acceptors (Lipinski definition) is 3. The lowest BCUT2D eigenvalue weighted by Gasteiger charge is -2.18. The number of carbonyl (C=O) groups excluding carboxylic acids is 2. The quantitative estimate of drug-likeness (QED) is 0.834. The Hall–Kier alpha value is -2.62. The molecule has 0 saturated heterocycles. The van der Waals surface area contributed by atoms with Crippen LogP contribution in [-0.2, 0) is 16.0 Å². The first-order valence-corrected chi connectivity index (χ1v) is 7.15. The number of amides is 1. The van der Waals surface area contributed by atoms with E-state index in [0.717, 1.165) is 5.56 Å². The van der Waals surface area contributed by atoms with E-state index in [1.165, 1.54) is 7.11 Å². The number of benzene rings is 2. The molecule has 4 nitrogen and oxygen atoms in total. The van der Waals surface area contributed by atoms with Crippen molar-refractivity contribution in [3.63, 3.8) is 0 Å². The van der Waals surface area contributed by atoms with Gasteiger partial charge in [-0.25, -0.2) is 0 Å². The van der Waals surface area contributed by atoms with E-state index in [1.807, 2.05) is 36.4 Å². The lowest BCUT2D eigenvalue weighted by Crippen LogP contribution is -2.38. The van der Waals surface area contributed by atoms with E-state index >= 15 is 0 Å². The smallest absolute Gasteiger partial charge is 0.307 e. The molecule has 0 spiro atoms. The number of hydrogen-bond donors (Lipinski definition) is 1.